The number of aliphatic hydroxyl groups is 1. The molecule has 4 heteroatoms. The SMILES string of the molecule is Cc1ccc(C(C)(C)C)c(NC2=C(O)CC(c3ccccc3)(c3ccccc3)OC2=O)c1. The Hall–Kier alpha value is -3.53. The zero-order valence-corrected chi connectivity index (χ0v) is 19.0. The first-order valence-corrected chi connectivity index (χ1v) is 10.9. The Bertz CT molecular complexity index is 1120. The summed E-state index contributed by atoms with van der Waals surface area (Å²) in [4.78, 5) is 13.3. The fourth-order valence-electron chi connectivity index (χ4n) is 4.26. The molecule has 2 N–H and O–H groups in total. The van der Waals surface area contributed by atoms with Crippen LogP contribution in [0.15, 0.2) is 90.3 Å². The highest BCUT2D eigenvalue weighted by molar-refractivity contribution is 5.94. The van der Waals surface area contributed by atoms with E-state index in [1.165, 1.54) is 0 Å². The number of benzene rings is 3. The molecule has 0 bridgehead atoms. The Labute approximate surface area is 189 Å². The van der Waals surface area contributed by atoms with Crippen molar-refractivity contribution < 1.29 is 14.6 Å². The van der Waals surface area contributed by atoms with Gasteiger partial charge in [-0.25, -0.2) is 4.79 Å². The smallest absolute Gasteiger partial charge is 0.359 e. The molecule has 0 spiro atoms. The number of carbonyl (C=O) groups excluding carboxylic acids is 1. The zero-order chi connectivity index (χ0) is 22.9. The molecule has 0 saturated carbocycles. The van der Waals surface area contributed by atoms with Crippen LogP contribution in [0.25, 0.3) is 0 Å². The molecule has 164 valence electrons. The van der Waals surface area contributed by atoms with Gasteiger partial charge in [0.15, 0.2) is 11.3 Å². The molecule has 1 aliphatic rings. The largest absolute Gasteiger partial charge is 0.510 e. The van der Waals surface area contributed by atoms with Gasteiger partial charge in [-0.3, -0.25) is 0 Å². The third-order valence-electron chi connectivity index (χ3n) is 5.90. The third-order valence-corrected chi connectivity index (χ3v) is 5.90. The van der Waals surface area contributed by atoms with E-state index in [1.807, 2.05) is 73.7 Å². The van der Waals surface area contributed by atoms with Crippen LogP contribution in [0.4, 0.5) is 5.69 Å². The van der Waals surface area contributed by atoms with Crippen molar-refractivity contribution in [3.63, 3.8) is 0 Å². The molecule has 0 saturated heterocycles. The van der Waals surface area contributed by atoms with Crippen molar-refractivity contribution in [2.45, 2.75) is 45.1 Å². The molecule has 32 heavy (non-hydrogen) atoms. The molecule has 3 aromatic rings. The highest BCUT2D eigenvalue weighted by Gasteiger charge is 2.45. The number of ether oxygens (including phenoxy) is 1. The zero-order valence-electron chi connectivity index (χ0n) is 19.0. The van der Waals surface area contributed by atoms with Gasteiger partial charge in [0, 0.05) is 16.8 Å². The number of anilines is 1. The minimum absolute atomic E-state index is 0.0182. The molecule has 0 aliphatic carbocycles. The summed E-state index contributed by atoms with van der Waals surface area (Å²) in [5.74, 6) is -0.599. The summed E-state index contributed by atoms with van der Waals surface area (Å²) >= 11 is 0. The van der Waals surface area contributed by atoms with E-state index in [0.29, 0.717) is 0 Å². The van der Waals surface area contributed by atoms with Crippen LogP contribution in [-0.4, -0.2) is 11.1 Å². The van der Waals surface area contributed by atoms with Crippen molar-refractivity contribution in [1.82, 2.24) is 0 Å². The second-order valence-corrected chi connectivity index (χ2v) is 9.37. The summed E-state index contributed by atoms with van der Waals surface area (Å²) in [6, 6.07) is 25.2. The molecule has 0 atom stereocenters. The Morgan fingerprint density at radius 3 is 1.97 bits per heavy atom. The molecular weight excluding hydrogens is 398 g/mol. The van der Waals surface area contributed by atoms with Crippen LogP contribution in [0.1, 0.15) is 49.4 Å². The molecule has 0 fully saturated rings. The molecule has 0 amide bonds. The molecule has 4 rings (SSSR count). The standard InChI is InChI=1S/C28H29NO3/c1-19-15-16-22(27(2,3)4)23(17-19)29-25-24(30)18-28(32-26(25)31,20-11-7-5-8-12-20)21-13-9-6-10-14-21/h5-17,29-30H,18H2,1-4H3. The number of carbonyl (C=O) groups is 1. The number of aryl methyl sites for hydroxylation is 1. The third kappa shape index (κ3) is 4.01. The van der Waals surface area contributed by atoms with Gasteiger partial charge in [-0.1, -0.05) is 93.6 Å². The summed E-state index contributed by atoms with van der Waals surface area (Å²) < 4.78 is 6.14. The van der Waals surface area contributed by atoms with Crippen molar-refractivity contribution in [2.24, 2.45) is 0 Å². The quantitative estimate of drug-likeness (QED) is 0.475. The summed E-state index contributed by atoms with van der Waals surface area (Å²) in [6.07, 6.45) is 0.145. The minimum Gasteiger partial charge on any atom is -0.510 e. The van der Waals surface area contributed by atoms with Crippen LogP contribution in [0, 0.1) is 6.92 Å². The highest BCUT2D eigenvalue weighted by Crippen LogP contribution is 2.43. The predicted molar refractivity (Wildman–Crippen MR) is 128 cm³/mol. The summed E-state index contributed by atoms with van der Waals surface area (Å²) in [6.45, 7) is 8.35. The van der Waals surface area contributed by atoms with Crippen LogP contribution >= 0.6 is 0 Å². The number of hydrogen-bond acceptors (Lipinski definition) is 4. The average molecular weight is 428 g/mol. The summed E-state index contributed by atoms with van der Waals surface area (Å²) in [7, 11) is 0. The normalized spacial score (nSPS) is 15.9. The molecule has 0 aromatic heterocycles. The van der Waals surface area contributed by atoms with E-state index in [9.17, 15) is 9.90 Å². The van der Waals surface area contributed by atoms with E-state index >= 15 is 0 Å². The van der Waals surface area contributed by atoms with Gasteiger partial charge in [-0.15, -0.1) is 0 Å². The lowest BCUT2D eigenvalue weighted by atomic mass is 9.81. The maximum Gasteiger partial charge on any atom is 0.359 e. The topological polar surface area (TPSA) is 58.6 Å². The molecule has 1 aliphatic heterocycles. The number of rotatable bonds is 4. The van der Waals surface area contributed by atoms with Gasteiger partial charge in [0.2, 0.25) is 0 Å². The van der Waals surface area contributed by atoms with E-state index < -0.39 is 11.6 Å². The number of nitrogens with one attached hydrogen (secondary N) is 1. The van der Waals surface area contributed by atoms with Gasteiger partial charge in [0.05, 0.1) is 6.42 Å². The number of esters is 1. The predicted octanol–water partition coefficient (Wildman–Crippen LogP) is 6.36. The summed E-state index contributed by atoms with van der Waals surface area (Å²) in [5.41, 5.74) is 3.40. The molecule has 4 nitrogen and oxygen atoms in total. The first-order valence-electron chi connectivity index (χ1n) is 10.9. The first-order chi connectivity index (χ1) is 15.2. The number of hydrogen-bond donors (Lipinski definition) is 2. The Morgan fingerprint density at radius 1 is 0.906 bits per heavy atom. The van der Waals surface area contributed by atoms with Crippen molar-refractivity contribution >= 4 is 11.7 Å². The van der Waals surface area contributed by atoms with E-state index in [4.69, 9.17) is 4.74 Å². The van der Waals surface area contributed by atoms with Crippen molar-refractivity contribution in [1.29, 1.82) is 0 Å². The number of aliphatic hydroxyl groups excluding tert-OH is 1. The highest BCUT2D eigenvalue weighted by atomic mass is 16.6. The van der Waals surface area contributed by atoms with Crippen molar-refractivity contribution in [3.8, 4) is 0 Å². The molecule has 3 aromatic carbocycles. The van der Waals surface area contributed by atoms with Crippen LogP contribution in [-0.2, 0) is 20.5 Å². The Morgan fingerprint density at radius 2 is 1.47 bits per heavy atom. The lowest BCUT2D eigenvalue weighted by Gasteiger charge is -2.38. The average Bonchev–Trinajstić information content (AvgIpc) is 2.76. The molecule has 0 radical (unpaired) electrons. The van der Waals surface area contributed by atoms with Crippen LogP contribution < -0.4 is 5.32 Å². The maximum absolute atomic E-state index is 13.3. The fraction of sp³-hybridized carbons (Fsp3) is 0.250. The van der Waals surface area contributed by atoms with E-state index in [-0.39, 0.29) is 23.3 Å². The van der Waals surface area contributed by atoms with Crippen LogP contribution in [0.5, 0.6) is 0 Å². The van der Waals surface area contributed by atoms with E-state index in [0.717, 1.165) is 27.9 Å². The van der Waals surface area contributed by atoms with Gasteiger partial charge < -0.3 is 15.2 Å². The molecular formula is C28H29NO3. The van der Waals surface area contributed by atoms with E-state index in [1.54, 1.807) is 0 Å². The van der Waals surface area contributed by atoms with Gasteiger partial charge >= 0.3 is 5.97 Å². The van der Waals surface area contributed by atoms with Crippen molar-refractivity contribution in [2.75, 3.05) is 5.32 Å². The lowest BCUT2D eigenvalue weighted by molar-refractivity contribution is -0.155. The molecule has 0 unspecified atom stereocenters. The fourth-order valence-corrected chi connectivity index (χ4v) is 4.26. The van der Waals surface area contributed by atoms with Gasteiger partial charge in [0.1, 0.15) is 5.76 Å². The Balaban J connectivity index is 1.79. The monoisotopic (exact) mass is 427 g/mol. The van der Waals surface area contributed by atoms with Gasteiger partial charge in [-0.05, 0) is 29.5 Å². The minimum atomic E-state index is -1.09. The van der Waals surface area contributed by atoms with E-state index in [2.05, 4.69) is 38.2 Å². The van der Waals surface area contributed by atoms with Crippen LogP contribution in [0.2, 0.25) is 0 Å². The first kappa shape index (κ1) is 21.7. The Kier molecular flexibility index (Phi) is 5.55. The second kappa shape index (κ2) is 8.19. The van der Waals surface area contributed by atoms with Crippen molar-refractivity contribution in [3.05, 3.63) is 113 Å². The summed E-state index contributed by atoms with van der Waals surface area (Å²) in [5, 5.41) is 14.3. The van der Waals surface area contributed by atoms with Gasteiger partial charge in [0.25, 0.3) is 0 Å². The second-order valence-electron chi connectivity index (χ2n) is 9.37. The lowest BCUT2D eigenvalue weighted by Crippen LogP contribution is -2.40. The van der Waals surface area contributed by atoms with Gasteiger partial charge in [-0.2, -0.15) is 0 Å². The maximum atomic E-state index is 13.3. The van der Waals surface area contributed by atoms with Crippen LogP contribution in [0.3, 0.4) is 0 Å². The number of cyclic esters (lactones) is 1. The molecule has 1 heterocycles.